The zero-order valence-electron chi connectivity index (χ0n) is 8.19. The molecule has 74 valence electrons. The van der Waals surface area contributed by atoms with Crippen molar-refractivity contribution in [1.29, 1.82) is 5.26 Å². The zero-order valence-corrected chi connectivity index (χ0v) is 9.08. The number of hydrogen-bond donors (Lipinski definition) is 1. The average molecular weight is 209 g/mol. The first-order valence-electron chi connectivity index (χ1n) is 4.31. The Hall–Kier alpha value is -0.940. The van der Waals surface area contributed by atoms with Crippen LogP contribution in [0.15, 0.2) is 18.2 Å². The number of rotatable bonds is 3. The minimum atomic E-state index is -1.57. The zero-order chi connectivity index (χ0) is 10.6. The molecule has 14 heavy (non-hydrogen) atoms. The van der Waals surface area contributed by atoms with Gasteiger partial charge in [-0.15, -0.1) is 0 Å². The van der Waals surface area contributed by atoms with Crippen LogP contribution in [-0.2, 0) is 4.52 Å². The van der Waals surface area contributed by atoms with E-state index in [4.69, 9.17) is 9.79 Å². The largest absolute Gasteiger partial charge is 0.346 e. The molecule has 1 aromatic rings. The highest BCUT2D eigenvalue weighted by Gasteiger charge is 2.09. The Morgan fingerprint density at radius 2 is 2.21 bits per heavy atom. The highest BCUT2D eigenvalue weighted by Crippen LogP contribution is 2.30. The lowest BCUT2D eigenvalue weighted by Crippen LogP contribution is -2.04. The number of nitrogens with zero attached hydrogens (tertiary/aromatic N) is 1. The molecule has 1 rings (SSSR count). The molecule has 1 aromatic carbocycles. The van der Waals surface area contributed by atoms with Crippen molar-refractivity contribution in [2.24, 2.45) is 0 Å². The maximum Gasteiger partial charge on any atom is 0.202 e. The monoisotopic (exact) mass is 209 g/mol. The van der Waals surface area contributed by atoms with Gasteiger partial charge in [0.05, 0.1) is 18.2 Å². The third-order valence-corrected chi connectivity index (χ3v) is 2.87. The summed E-state index contributed by atoms with van der Waals surface area (Å²) < 4.78 is 5.09. The molecule has 0 saturated heterocycles. The van der Waals surface area contributed by atoms with Gasteiger partial charge in [-0.1, -0.05) is 0 Å². The summed E-state index contributed by atoms with van der Waals surface area (Å²) in [5.74, 6) is 0. The smallest absolute Gasteiger partial charge is 0.202 e. The fraction of sp³-hybridized carbons (Fsp3) is 0.300. The van der Waals surface area contributed by atoms with E-state index in [0.717, 1.165) is 5.56 Å². The van der Waals surface area contributed by atoms with Crippen LogP contribution in [0.5, 0.6) is 0 Å². The van der Waals surface area contributed by atoms with E-state index >= 15 is 0 Å². The predicted molar refractivity (Wildman–Crippen MR) is 56.3 cm³/mol. The molecule has 0 fully saturated rings. The van der Waals surface area contributed by atoms with Gasteiger partial charge < -0.3 is 9.42 Å². The second-order valence-electron chi connectivity index (χ2n) is 2.86. The second-order valence-corrected chi connectivity index (χ2v) is 4.18. The molecule has 0 aromatic heterocycles. The fourth-order valence-corrected chi connectivity index (χ4v) is 2.09. The Kier molecular flexibility index (Phi) is 4.03. The number of benzene rings is 1. The minimum absolute atomic E-state index is 0.470. The molecule has 0 aliphatic heterocycles. The van der Waals surface area contributed by atoms with Crippen LogP contribution in [0.2, 0.25) is 0 Å². The molecular weight excluding hydrogens is 197 g/mol. The van der Waals surface area contributed by atoms with Crippen LogP contribution in [0, 0.1) is 18.3 Å². The maximum absolute atomic E-state index is 9.60. The fourth-order valence-electron chi connectivity index (χ4n) is 1.13. The summed E-state index contributed by atoms with van der Waals surface area (Å²) in [7, 11) is -1.57. The second kappa shape index (κ2) is 5.07. The Morgan fingerprint density at radius 1 is 1.50 bits per heavy atom. The van der Waals surface area contributed by atoms with Crippen molar-refractivity contribution in [3.05, 3.63) is 29.3 Å². The number of hydrogen-bond acceptors (Lipinski definition) is 3. The van der Waals surface area contributed by atoms with Gasteiger partial charge in [0.15, 0.2) is 0 Å². The van der Waals surface area contributed by atoms with Crippen LogP contribution in [0.4, 0.5) is 0 Å². The van der Waals surface area contributed by atoms with Crippen molar-refractivity contribution in [1.82, 2.24) is 0 Å². The average Bonchev–Trinajstić information content (AvgIpc) is 2.17. The summed E-state index contributed by atoms with van der Waals surface area (Å²) in [6.07, 6.45) is 0. The third kappa shape index (κ3) is 2.78. The standard InChI is InChI=1S/C10H12NO2P/c1-3-13-14(12)10-5-8(2)4-9(6-10)7-11/h4-6,12H,3H2,1-2H3. The van der Waals surface area contributed by atoms with Crippen LogP contribution >= 0.6 is 8.38 Å². The molecule has 0 aliphatic carbocycles. The maximum atomic E-state index is 9.60. The van der Waals surface area contributed by atoms with Gasteiger partial charge in [-0.05, 0) is 37.6 Å². The van der Waals surface area contributed by atoms with Crippen LogP contribution in [-0.4, -0.2) is 11.5 Å². The Morgan fingerprint density at radius 3 is 2.79 bits per heavy atom. The van der Waals surface area contributed by atoms with E-state index in [1.165, 1.54) is 0 Å². The summed E-state index contributed by atoms with van der Waals surface area (Å²) in [6.45, 7) is 4.18. The SMILES string of the molecule is CCOP(O)c1cc(C)cc(C#N)c1. The predicted octanol–water partition coefficient (Wildman–Crippen LogP) is 1.83. The lowest BCUT2D eigenvalue weighted by molar-refractivity contribution is 0.337. The van der Waals surface area contributed by atoms with E-state index in [1.54, 1.807) is 12.1 Å². The van der Waals surface area contributed by atoms with Crippen molar-refractivity contribution >= 4 is 13.7 Å². The first-order valence-corrected chi connectivity index (χ1v) is 5.52. The van der Waals surface area contributed by atoms with Gasteiger partial charge in [0.2, 0.25) is 8.38 Å². The summed E-state index contributed by atoms with van der Waals surface area (Å²) in [5.41, 5.74) is 1.52. The molecule has 0 radical (unpaired) electrons. The molecule has 0 bridgehead atoms. The van der Waals surface area contributed by atoms with Crippen molar-refractivity contribution in [2.75, 3.05) is 6.61 Å². The molecule has 0 saturated carbocycles. The van der Waals surface area contributed by atoms with E-state index in [9.17, 15) is 4.89 Å². The van der Waals surface area contributed by atoms with Gasteiger partial charge >= 0.3 is 0 Å². The Bertz CT molecular complexity index is 360. The van der Waals surface area contributed by atoms with E-state index in [1.807, 2.05) is 26.0 Å². The first kappa shape index (κ1) is 11.1. The van der Waals surface area contributed by atoms with E-state index in [-0.39, 0.29) is 0 Å². The lowest BCUT2D eigenvalue weighted by atomic mass is 10.2. The van der Waals surface area contributed by atoms with E-state index in [0.29, 0.717) is 17.5 Å². The van der Waals surface area contributed by atoms with Crippen LogP contribution in [0.25, 0.3) is 0 Å². The van der Waals surface area contributed by atoms with E-state index in [2.05, 4.69) is 0 Å². The molecule has 0 spiro atoms. The lowest BCUT2D eigenvalue weighted by Gasteiger charge is -2.10. The van der Waals surface area contributed by atoms with Crippen molar-refractivity contribution in [3.63, 3.8) is 0 Å². The molecule has 0 amide bonds. The summed E-state index contributed by atoms with van der Waals surface area (Å²) in [6, 6.07) is 7.32. The molecule has 1 atom stereocenters. The molecular formula is C10H12NO2P. The Balaban J connectivity index is 2.98. The highest BCUT2D eigenvalue weighted by molar-refractivity contribution is 7.55. The third-order valence-electron chi connectivity index (χ3n) is 1.66. The van der Waals surface area contributed by atoms with Crippen molar-refractivity contribution < 1.29 is 9.42 Å². The van der Waals surface area contributed by atoms with Gasteiger partial charge in [0.25, 0.3) is 0 Å². The minimum Gasteiger partial charge on any atom is -0.346 e. The van der Waals surface area contributed by atoms with Crippen LogP contribution < -0.4 is 5.30 Å². The van der Waals surface area contributed by atoms with Crippen molar-refractivity contribution in [3.8, 4) is 6.07 Å². The number of nitriles is 1. The summed E-state index contributed by atoms with van der Waals surface area (Å²) in [4.78, 5) is 9.60. The molecule has 4 heteroatoms. The topological polar surface area (TPSA) is 53.2 Å². The first-order chi connectivity index (χ1) is 6.67. The van der Waals surface area contributed by atoms with Crippen LogP contribution in [0.3, 0.4) is 0 Å². The summed E-state index contributed by atoms with van der Waals surface area (Å²) >= 11 is 0. The van der Waals surface area contributed by atoms with Gasteiger partial charge in [-0.2, -0.15) is 5.26 Å². The highest BCUT2D eigenvalue weighted by atomic mass is 31.2. The molecule has 0 heterocycles. The van der Waals surface area contributed by atoms with Gasteiger partial charge in [0, 0.05) is 5.30 Å². The van der Waals surface area contributed by atoms with Crippen molar-refractivity contribution in [2.45, 2.75) is 13.8 Å². The number of aryl methyl sites for hydroxylation is 1. The van der Waals surface area contributed by atoms with Gasteiger partial charge in [-0.3, -0.25) is 0 Å². The Labute approximate surface area is 84.9 Å². The molecule has 0 aliphatic rings. The van der Waals surface area contributed by atoms with Gasteiger partial charge in [0.1, 0.15) is 0 Å². The normalized spacial score (nSPS) is 12.1. The summed E-state index contributed by atoms with van der Waals surface area (Å²) in [5, 5.41) is 9.43. The van der Waals surface area contributed by atoms with Gasteiger partial charge in [-0.25, -0.2) is 0 Å². The van der Waals surface area contributed by atoms with E-state index < -0.39 is 8.38 Å². The molecule has 1 N–H and O–H groups in total. The van der Waals surface area contributed by atoms with Crippen LogP contribution in [0.1, 0.15) is 18.1 Å². The quantitative estimate of drug-likeness (QED) is 0.772. The molecule has 3 nitrogen and oxygen atoms in total. The molecule has 1 unspecified atom stereocenters.